The zero-order chi connectivity index (χ0) is 12.5. The molecule has 0 saturated carbocycles. The maximum atomic E-state index is 10.1. The molecule has 0 unspecified atom stereocenters. The van der Waals surface area contributed by atoms with E-state index in [-0.39, 0.29) is 6.61 Å². The highest BCUT2D eigenvalue weighted by Gasteiger charge is 2.12. The maximum absolute atomic E-state index is 10.1. The summed E-state index contributed by atoms with van der Waals surface area (Å²) >= 11 is 0. The summed E-state index contributed by atoms with van der Waals surface area (Å²) in [6, 6.07) is 9.67. The van der Waals surface area contributed by atoms with Crippen molar-refractivity contribution in [2.24, 2.45) is 0 Å². The largest absolute Gasteiger partial charge is 0.395 e. The first-order chi connectivity index (χ1) is 8.27. The van der Waals surface area contributed by atoms with E-state index in [0.29, 0.717) is 13.1 Å². The highest BCUT2D eigenvalue weighted by atomic mass is 16.3. The van der Waals surface area contributed by atoms with Gasteiger partial charge in [-0.1, -0.05) is 43.7 Å². The van der Waals surface area contributed by atoms with Crippen molar-refractivity contribution in [3.8, 4) is 0 Å². The average Bonchev–Trinajstić information content (AvgIpc) is 2.37. The van der Waals surface area contributed by atoms with Crippen LogP contribution in [0.4, 0.5) is 0 Å². The fraction of sp³-hybridized carbons (Fsp3) is 0.571. The van der Waals surface area contributed by atoms with Gasteiger partial charge in [-0.15, -0.1) is 0 Å². The van der Waals surface area contributed by atoms with E-state index in [2.05, 4.69) is 11.8 Å². The van der Waals surface area contributed by atoms with Gasteiger partial charge in [-0.05, 0) is 18.5 Å². The zero-order valence-corrected chi connectivity index (χ0v) is 10.5. The molecule has 1 aromatic carbocycles. The summed E-state index contributed by atoms with van der Waals surface area (Å²) < 4.78 is 0. The molecule has 17 heavy (non-hydrogen) atoms. The summed E-state index contributed by atoms with van der Waals surface area (Å²) in [4.78, 5) is 2.11. The quantitative estimate of drug-likeness (QED) is 0.725. The third-order valence-corrected chi connectivity index (χ3v) is 2.86. The van der Waals surface area contributed by atoms with Crippen molar-refractivity contribution in [2.75, 3.05) is 26.2 Å². The second kappa shape index (κ2) is 8.23. The molecular formula is C14H23NO2. The minimum atomic E-state index is -0.473. The Hall–Kier alpha value is -0.900. The lowest BCUT2D eigenvalue weighted by Gasteiger charge is -2.24. The van der Waals surface area contributed by atoms with E-state index in [0.717, 1.165) is 24.9 Å². The maximum Gasteiger partial charge on any atom is 0.0916 e. The van der Waals surface area contributed by atoms with Gasteiger partial charge in [0.25, 0.3) is 0 Å². The summed E-state index contributed by atoms with van der Waals surface area (Å²) in [5, 5.41) is 19.1. The van der Waals surface area contributed by atoms with Crippen LogP contribution >= 0.6 is 0 Å². The Bertz CT molecular complexity index is 290. The molecule has 96 valence electrons. The van der Waals surface area contributed by atoms with Gasteiger partial charge in [0.1, 0.15) is 0 Å². The molecule has 2 N–H and O–H groups in total. The predicted molar refractivity (Wildman–Crippen MR) is 69.8 cm³/mol. The van der Waals surface area contributed by atoms with Crippen molar-refractivity contribution in [1.29, 1.82) is 0 Å². The molecule has 0 radical (unpaired) electrons. The minimum Gasteiger partial charge on any atom is -0.395 e. The fourth-order valence-corrected chi connectivity index (χ4v) is 1.84. The fourth-order valence-electron chi connectivity index (χ4n) is 1.84. The number of hydrogen-bond donors (Lipinski definition) is 2. The summed E-state index contributed by atoms with van der Waals surface area (Å²) in [6.07, 6.45) is 1.75. The monoisotopic (exact) mass is 237 g/mol. The van der Waals surface area contributed by atoms with Gasteiger partial charge in [0.05, 0.1) is 12.7 Å². The van der Waals surface area contributed by atoms with Gasteiger partial charge in [0.2, 0.25) is 0 Å². The third kappa shape index (κ3) is 5.31. The van der Waals surface area contributed by atoms with Gasteiger partial charge < -0.3 is 10.2 Å². The summed E-state index contributed by atoms with van der Waals surface area (Å²) in [7, 11) is 0. The number of rotatable bonds is 8. The minimum absolute atomic E-state index is 0.144. The van der Waals surface area contributed by atoms with Gasteiger partial charge in [0.15, 0.2) is 0 Å². The average molecular weight is 237 g/mol. The zero-order valence-electron chi connectivity index (χ0n) is 10.5. The van der Waals surface area contributed by atoms with Crippen LogP contribution in [0.5, 0.6) is 0 Å². The number of unbranched alkanes of at least 4 members (excludes halogenated alkanes) is 1. The van der Waals surface area contributed by atoms with Crippen LogP contribution in [0.15, 0.2) is 30.3 Å². The van der Waals surface area contributed by atoms with Crippen LogP contribution in [0.1, 0.15) is 31.4 Å². The molecule has 0 aliphatic rings. The first-order valence-corrected chi connectivity index (χ1v) is 6.34. The van der Waals surface area contributed by atoms with Crippen LogP contribution in [0.2, 0.25) is 0 Å². The van der Waals surface area contributed by atoms with E-state index >= 15 is 0 Å². The lowest BCUT2D eigenvalue weighted by Crippen LogP contribution is -2.32. The Morgan fingerprint density at radius 3 is 2.47 bits per heavy atom. The smallest absolute Gasteiger partial charge is 0.0916 e. The summed E-state index contributed by atoms with van der Waals surface area (Å²) in [5.41, 5.74) is 0.937. The second-order valence-corrected chi connectivity index (χ2v) is 4.30. The van der Waals surface area contributed by atoms with Gasteiger partial charge in [-0.2, -0.15) is 0 Å². The first-order valence-electron chi connectivity index (χ1n) is 6.34. The molecule has 0 bridgehead atoms. The lowest BCUT2D eigenvalue weighted by atomic mass is 10.1. The molecule has 1 rings (SSSR count). The highest BCUT2D eigenvalue weighted by Crippen LogP contribution is 2.13. The van der Waals surface area contributed by atoms with Crippen molar-refractivity contribution in [3.63, 3.8) is 0 Å². The standard InChI is InChI=1S/C14H23NO2/c1-2-3-9-15(10-11-16)12-14(17)13-7-5-4-6-8-13/h4-8,14,16-17H,2-3,9-12H2,1H3/t14-/m1/s1. The van der Waals surface area contributed by atoms with Crippen molar-refractivity contribution in [3.05, 3.63) is 35.9 Å². The normalized spacial score (nSPS) is 12.9. The lowest BCUT2D eigenvalue weighted by molar-refractivity contribution is 0.0989. The molecule has 0 heterocycles. The van der Waals surface area contributed by atoms with Crippen LogP contribution in [-0.2, 0) is 0 Å². The number of benzene rings is 1. The van der Waals surface area contributed by atoms with Crippen molar-refractivity contribution in [1.82, 2.24) is 4.90 Å². The van der Waals surface area contributed by atoms with E-state index in [4.69, 9.17) is 5.11 Å². The van der Waals surface area contributed by atoms with Crippen LogP contribution < -0.4 is 0 Å². The summed E-state index contributed by atoms with van der Waals surface area (Å²) in [6.45, 7) is 4.44. The van der Waals surface area contributed by atoms with Crippen LogP contribution in [-0.4, -0.2) is 41.4 Å². The van der Waals surface area contributed by atoms with E-state index in [9.17, 15) is 5.11 Å². The van der Waals surface area contributed by atoms with Crippen molar-refractivity contribution < 1.29 is 10.2 Å². The van der Waals surface area contributed by atoms with Gasteiger partial charge in [-0.3, -0.25) is 4.90 Å². The molecule has 0 spiro atoms. The SMILES string of the molecule is CCCCN(CCO)C[C@@H](O)c1ccccc1. The molecule has 3 heteroatoms. The van der Waals surface area contributed by atoms with Gasteiger partial charge in [-0.25, -0.2) is 0 Å². The van der Waals surface area contributed by atoms with Gasteiger partial charge >= 0.3 is 0 Å². The molecule has 0 fully saturated rings. The molecule has 0 amide bonds. The molecule has 1 atom stereocenters. The Morgan fingerprint density at radius 2 is 1.88 bits per heavy atom. The second-order valence-electron chi connectivity index (χ2n) is 4.30. The van der Waals surface area contributed by atoms with Crippen LogP contribution in [0, 0.1) is 0 Å². The van der Waals surface area contributed by atoms with E-state index in [1.807, 2.05) is 30.3 Å². The molecule has 0 aliphatic heterocycles. The Balaban J connectivity index is 2.48. The third-order valence-electron chi connectivity index (χ3n) is 2.86. The molecule has 0 aromatic heterocycles. The van der Waals surface area contributed by atoms with Crippen LogP contribution in [0.3, 0.4) is 0 Å². The Labute approximate surface area is 104 Å². The first kappa shape index (κ1) is 14.2. The predicted octanol–water partition coefficient (Wildman–Crippen LogP) is 1.81. The van der Waals surface area contributed by atoms with E-state index in [1.54, 1.807) is 0 Å². The number of aliphatic hydroxyl groups is 2. The molecular weight excluding hydrogens is 214 g/mol. The van der Waals surface area contributed by atoms with Crippen LogP contribution in [0.25, 0.3) is 0 Å². The van der Waals surface area contributed by atoms with Gasteiger partial charge in [0, 0.05) is 13.1 Å². The number of nitrogens with zero attached hydrogens (tertiary/aromatic N) is 1. The molecule has 0 aliphatic carbocycles. The van der Waals surface area contributed by atoms with Crippen molar-refractivity contribution >= 4 is 0 Å². The summed E-state index contributed by atoms with van der Waals surface area (Å²) in [5.74, 6) is 0. The van der Waals surface area contributed by atoms with E-state index < -0.39 is 6.10 Å². The molecule has 3 nitrogen and oxygen atoms in total. The molecule has 0 saturated heterocycles. The highest BCUT2D eigenvalue weighted by molar-refractivity contribution is 5.17. The number of hydrogen-bond acceptors (Lipinski definition) is 3. The molecule has 1 aromatic rings. The van der Waals surface area contributed by atoms with E-state index in [1.165, 1.54) is 0 Å². The van der Waals surface area contributed by atoms with Crippen molar-refractivity contribution in [2.45, 2.75) is 25.9 Å². The Morgan fingerprint density at radius 1 is 1.18 bits per heavy atom. The number of aliphatic hydroxyl groups excluding tert-OH is 2. The Kier molecular flexibility index (Phi) is 6.86. The topological polar surface area (TPSA) is 43.7 Å².